The first-order valence-electron chi connectivity index (χ1n) is 15.5. The van der Waals surface area contributed by atoms with Crippen molar-refractivity contribution in [3.05, 3.63) is 112 Å². The van der Waals surface area contributed by atoms with E-state index in [-0.39, 0.29) is 41.8 Å². The Labute approximate surface area is 268 Å². The first-order valence-corrected chi connectivity index (χ1v) is 15.5. The molecule has 2 saturated heterocycles. The molecule has 8 rings (SSSR count). The normalized spacial score (nSPS) is 29.3. The molecule has 4 amide bonds. The first-order chi connectivity index (χ1) is 22.6. The minimum absolute atomic E-state index is 0.0720. The Bertz CT molecular complexity index is 1970. The van der Waals surface area contributed by atoms with Crippen molar-refractivity contribution in [2.45, 2.75) is 26.2 Å². The number of anilines is 2. The number of imide groups is 2. The second kappa shape index (κ2) is 10.2. The van der Waals surface area contributed by atoms with Gasteiger partial charge >= 0.3 is 0 Å². The Balaban J connectivity index is 1.23. The standard InChI is InChI=1S/C36H29N3O8/c1-36-28(33(42)38(35(36)44)21-5-3-2-4-6-21)17-27-25(31(36)20-15-19-16-24(40)11-14-29(19)47-18-20)12-13-26-30(27)34(43)37(32(26)41)22-7-9-23(10-8-22)39(45)46/h2-12,14,16,18,26-28,30-31,40H,13,15,17H2,1H3/t26-,27+,28-,30-,31-,36+/m0/s1. The number of phenolic OH excluding ortho intramolecular Hbond substituents is 1. The number of para-hydroxylation sites is 1. The molecule has 6 atom stereocenters. The Hall–Kier alpha value is -5.58. The quantitative estimate of drug-likeness (QED) is 0.181. The number of carbonyl (C=O) groups is 4. The van der Waals surface area contributed by atoms with E-state index < -0.39 is 51.7 Å². The summed E-state index contributed by atoms with van der Waals surface area (Å²) in [5.74, 6) is -4.24. The molecule has 3 heterocycles. The Kier molecular flexibility index (Phi) is 6.27. The van der Waals surface area contributed by atoms with Gasteiger partial charge < -0.3 is 9.84 Å². The molecule has 1 N–H and O–H groups in total. The molecule has 3 aliphatic heterocycles. The summed E-state index contributed by atoms with van der Waals surface area (Å²) in [6.45, 7) is 1.82. The minimum atomic E-state index is -1.21. The third-order valence-electron chi connectivity index (χ3n) is 10.8. The van der Waals surface area contributed by atoms with Crippen molar-refractivity contribution in [1.82, 2.24) is 0 Å². The highest BCUT2D eigenvalue weighted by atomic mass is 16.6. The van der Waals surface area contributed by atoms with Gasteiger partial charge in [-0.1, -0.05) is 29.8 Å². The third kappa shape index (κ3) is 4.05. The van der Waals surface area contributed by atoms with E-state index in [0.29, 0.717) is 17.9 Å². The molecule has 11 heteroatoms. The maximum Gasteiger partial charge on any atom is 0.269 e. The average molecular weight is 632 g/mol. The second-order valence-electron chi connectivity index (χ2n) is 13.1. The number of allylic oxidation sites excluding steroid dienone is 3. The lowest BCUT2D eigenvalue weighted by Gasteiger charge is -2.49. The van der Waals surface area contributed by atoms with E-state index in [2.05, 4.69) is 0 Å². The zero-order valence-electron chi connectivity index (χ0n) is 25.2. The van der Waals surface area contributed by atoms with Crippen LogP contribution in [0, 0.1) is 45.1 Å². The first kappa shape index (κ1) is 28.9. The number of non-ortho nitro benzene ring substituents is 1. The van der Waals surface area contributed by atoms with Gasteiger partial charge in [-0.15, -0.1) is 0 Å². The van der Waals surface area contributed by atoms with Gasteiger partial charge in [0.1, 0.15) is 11.5 Å². The van der Waals surface area contributed by atoms with Gasteiger partial charge in [0.05, 0.1) is 45.7 Å². The summed E-state index contributed by atoms with van der Waals surface area (Å²) < 4.78 is 6.03. The SMILES string of the molecule is C[C@@]12C(=O)N(c3ccccc3)C(=O)[C@@H]1C[C@@H]1C(=CC[C@@H]3C(=O)N(c4ccc([N+](=O)[O-])cc4)C(=O)[C@@H]31)[C@@H]2C1=COc2ccc(O)cc2C1. The van der Waals surface area contributed by atoms with Gasteiger partial charge in [0.15, 0.2) is 0 Å². The number of nitro groups is 1. The fourth-order valence-electron chi connectivity index (χ4n) is 8.65. The molecule has 0 spiro atoms. The average Bonchev–Trinajstić information content (AvgIpc) is 3.44. The summed E-state index contributed by atoms with van der Waals surface area (Å²) in [6.07, 6.45) is 4.40. The third-order valence-corrected chi connectivity index (χ3v) is 10.8. The van der Waals surface area contributed by atoms with Crippen molar-refractivity contribution < 1.29 is 33.9 Å². The molecule has 3 fully saturated rings. The molecule has 236 valence electrons. The maximum atomic E-state index is 14.5. The lowest BCUT2D eigenvalue weighted by molar-refractivity contribution is -0.384. The van der Waals surface area contributed by atoms with Crippen LogP contribution in [0.5, 0.6) is 11.5 Å². The number of rotatable bonds is 4. The topological polar surface area (TPSA) is 147 Å². The Morgan fingerprint density at radius 3 is 2.34 bits per heavy atom. The summed E-state index contributed by atoms with van der Waals surface area (Å²) in [6, 6.07) is 18.9. The molecule has 0 unspecified atom stereocenters. The fourth-order valence-corrected chi connectivity index (χ4v) is 8.65. The van der Waals surface area contributed by atoms with Crippen LogP contribution < -0.4 is 14.5 Å². The number of fused-ring (bicyclic) bond motifs is 5. The van der Waals surface area contributed by atoms with Crippen LogP contribution in [0.15, 0.2) is 96.3 Å². The largest absolute Gasteiger partial charge is 0.508 e. The zero-order chi connectivity index (χ0) is 32.8. The van der Waals surface area contributed by atoms with E-state index in [0.717, 1.165) is 21.6 Å². The predicted molar refractivity (Wildman–Crippen MR) is 168 cm³/mol. The molecule has 1 saturated carbocycles. The number of nitro benzene ring substituents is 1. The van der Waals surface area contributed by atoms with Gasteiger partial charge in [0.2, 0.25) is 23.6 Å². The number of phenols is 1. The molecule has 0 bridgehead atoms. The molecule has 3 aromatic rings. The predicted octanol–water partition coefficient (Wildman–Crippen LogP) is 5.09. The van der Waals surface area contributed by atoms with Gasteiger partial charge in [-0.25, -0.2) is 4.90 Å². The molecule has 2 aliphatic carbocycles. The van der Waals surface area contributed by atoms with Gasteiger partial charge in [0, 0.05) is 30.0 Å². The number of nitrogens with zero attached hydrogens (tertiary/aromatic N) is 3. The van der Waals surface area contributed by atoms with Crippen LogP contribution in [0.4, 0.5) is 17.1 Å². The van der Waals surface area contributed by atoms with Crippen LogP contribution in [-0.4, -0.2) is 33.7 Å². The van der Waals surface area contributed by atoms with E-state index in [1.54, 1.807) is 42.7 Å². The molecule has 47 heavy (non-hydrogen) atoms. The van der Waals surface area contributed by atoms with Crippen LogP contribution in [0.2, 0.25) is 0 Å². The minimum Gasteiger partial charge on any atom is -0.508 e. The number of carbonyl (C=O) groups excluding carboxylic acids is 4. The van der Waals surface area contributed by atoms with Crippen molar-refractivity contribution in [3.8, 4) is 11.5 Å². The Morgan fingerprint density at radius 2 is 1.62 bits per heavy atom. The molecular formula is C36H29N3O8. The smallest absolute Gasteiger partial charge is 0.269 e. The lowest BCUT2D eigenvalue weighted by Crippen LogP contribution is -2.51. The summed E-state index contributed by atoms with van der Waals surface area (Å²) in [7, 11) is 0. The van der Waals surface area contributed by atoms with E-state index in [1.165, 1.54) is 35.2 Å². The zero-order valence-corrected chi connectivity index (χ0v) is 25.2. The molecular weight excluding hydrogens is 602 g/mol. The molecule has 0 aromatic heterocycles. The molecule has 11 nitrogen and oxygen atoms in total. The van der Waals surface area contributed by atoms with Crippen LogP contribution >= 0.6 is 0 Å². The van der Waals surface area contributed by atoms with Crippen molar-refractivity contribution in [2.75, 3.05) is 9.80 Å². The van der Waals surface area contributed by atoms with Gasteiger partial charge in [-0.3, -0.25) is 34.2 Å². The van der Waals surface area contributed by atoms with E-state index in [1.807, 2.05) is 19.1 Å². The van der Waals surface area contributed by atoms with Gasteiger partial charge in [-0.05, 0) is 73.7 Å². The lowest BCUT2D eigenvalue weighted by atomic mass is 9.51. The van der Waals surface area contributed by atoms with Crippen LogP contribution in [0.1, 0.15) is 25.3 Å². The second-order valence-corrected chi connectivity index (χ2v) is 13.1. The highest BCUT2D eigenvalue weighted by Gasteiger charge is 2.68. The summed E-state index contributed by atoms with van der Waals surface area (Å²) in [4.78, 5) is 69.9. The number of amides is 4. The van der Waals surface area contributed by atoms with Crippen molar-refractivity contribution in [1.29, 1.82) is 0 Å². The van der Waals surface area contributed by atoms with E-state index in [9.17, 15) is 34.4 Å². The monoisotopic (exact) mass is 631 g/mol. The van der Waals surface area contributed by atoms with E-state index >= 15 is 0 Å². The van der Waals surface area contributed by atoms with Crippen LogP contribution in [0.3, 0.4) is 0 Å². The molecule has 3 aromatic carbocycles. The van der Waals surface area contributed by atoms with Gasteiger partial charge in [0.25, 0.3) is 5.69 Å². The molecule has 0 radical (unpaired) electrons. The van der Waals surface area contributed by atoms with Crippen molar-refractivity contribution in [3.63, 3.8) is 0 Å². The summed E-state index contributed by atoms with van der Waals surface area (Å²) >= 11 is 0. The summed E-state index contributed by atoms with van der Waals surface area (Å²) in [5, 5.41) is 21.5. The number of benzene rings is 3. The maximum absolute atomic E-state index is 14.5. The number of aromatic hydroxyl groups is 1. The van der Waals surface area contributed by atoms with Crippen molar-refractivity contribution >= 4 is 40.7 Å². The van der Waals surface area contributed by atoms with Crippen molar-refractivity contribution in [2.24, 2.45) is 35.0 Å². The number of hydrogen-bond acceptors (Lipinski definition) is 8. The van der Waals surface area contributed by atoms with E-state index in [4.69, 9.17) is 4.74 Å². The van der Waals surface area contributed by atoms with Crippen LogP contribution in [-0.2, 0) is 25.6 Å². The number of ether oxygens (including phenoxy) is 1. The van der Waals surface area contributed by atoms with Crippen LogP contribution in [0.25, 0.3) is 0 Å². The number of hydrogen-bond donors (Lipinski definition) is 1. The Morgan fingerprint density at radius 1 is 0.894 bits per heavy atom. The highest BCUT2D eigenvalue weighted by Crippen LogP contribution is 2.63. The summed E-state index contributed by atoms with van der Waals surface area (Å²) in [5.41, 5.74) is 1.64. The highest BCUT2D eigenvalue weighted by molar-refractivity contribution is 6.25. The van der Waals surface area contributed by atoms with Gasteiger partial charge in [-0.2, -0.15) is 0 Å². The fraction of sp³-hybridized carbons (Fsp3) is 0.278. The molecule has 5 aliphatic rings.